The number of hydrogen-bond acceptors (Lipinski definition) is 19. The van der Waals surface area contributed by atoms with Crippen molar-refractivity contribution in [2.45, 2.75) is 76.8 Å². The van der Waals surface area contributed by atoms with Gasteiger partial charge in [0.15, 0.2) is 0 Å². The van der Waals surface area contributed by atoms with Crippen LogP contribution in [0.2, 0.25) is 0 Å². The number of pyridine rings is 2. The van der Waals surface area contributed by atoms with Crippen LogP contribution in [0.4, 0.5) is 18.0 Å². The largest absolute Gasteiger partial charge is 0.465 e. The molecule has 5 atom stereocenters. The second kappa shape index (κ2) is 39.5. The molecule has 3 aliphatic rings. The lowest BCUT2D eigenvalue weighted by molar-refractivity contribution is -0.147. The third kappa shape index (κ3) is 25.6. The average molecular weight is 1220 g/mol. The van der Waals surface area contributed by atoms with Crippen LogP contribution in [0.25, 0.3) is 0 Å². The Hall–Kier alpha value is -5.24. The van der Waals surface area contributed by atoms with Crippen LogP contribution < -0.4 is 16.0 Å². The number of carbonyl (C=O) groups is 5. The summed E-state index contributed by atoms with van der Waals surface area (Å²) in [6.45, 7) is 13.0. The molecular formula is C57H88F3N7O18. The lowest BCUT2D eigenvalue weighted by Crippen LogP contribution is -2.51. The zero-order valence-electron chi connectivity index (χ0n) is 49.3. The predicted molar refractivity (Wildman–Crippen MR) is 297 cm³/mol. The number of amides is 5. The van der Waals surface area contributed by atoms with Crippen molar-refractivity contribution in [1.82, 2.24) is 35.7 Å². The van der Waals surface area contributed by atoms with Crippen molar-refractivity contribution in [1.29, 1.82) is 0 Å². The van der Waals surface area contributed by atoms with Crippen molar-refractivity contribution in [3.05, 3.63) is 59.2 Å². The first-order valence-corrected chi connectivity index (χ1v) is 29.1. The smallest absolute Gasteiger partial charge is 0.417 e. The van der Waals surface area contributed by atoms with Crippen LogP contribution in [-0.2, 0) is 88.7 Å². The molecule has 2 aliphatic heterocycles. The summed E-state index contributed by atoms with van der Waals surface area (Å²) >= 11 is 0. The Morgan fingerprint density at radius 3 is 1.64 bits per heavy atom. The van der Waals surface area contributed by atoms with Crippen molar-refractivity contribution in [3.63, 3.8) is 0 Å². The summed E-state index contributed by atoms with van der Waals surface area (Å²) < 4.78 is 107. The number of hydrogen-bond donors (Lipinski definition) is 4. The van der Waals surface area contributed by atoms with Gasteiger partial charge in [-0.15, -0.1) is 0 Å². The minimum Gasteiger partial charge on any atom is -0.465 e. The van der Waals surface area contributed by atoms with Crippen LogP contribution in [0, 0.1) is 17.3 Å². The van der Waals surface area contributed by atoms with Gasteiger partial charge in [-0.3, -0.25) is 29.1 Å². The van der Waals surface area contributed by atoms with E-state index in [-0.39, 0.29) is 93.1 Å². The molecular weight excluding hydrogens is 1130 g/mol. The fourth-order valence-corrected chi connectivity index (χ4v) is 10.1. The fourth-order valence-electron chi connectivity index (χ4n) is 10.1. The molecule has 0 radical (unpaired) electrons. The monoisotopic (exact) mass is 1220 g/mol. The van der Waals surface area contributed by atoms with Crippen molar-refractivity contribution < 1.29 is 99.1 Å². The van der Waals surface area contributed by atoms with Crippen LogP contribution in [0.5, 0.6) is 0 Å². The van der Waals surface area contributed by atoms with Crippen LogP contribution in [0.15, 0.2) is 36.8 Å². The highest BCUT2D eigenvalue weighted by molar-refractivity contribution is 5.90. The summed E-state index contributed by atoms with van der Waals surface area (Å²) in [5.74, 6) is -1.66. The van der Waals surface area contributed by atoms with E-state index >= 15 is 0 Å². The standard InChI is InChI=1S/C57H88F3N7O18/c1-42(2)56(8-6-46(37-56)64-55(72)73)54(71)67-40-44-35-45(57(58,59)60)39-63-51(44)48(41-67)65-49(68)7-11-74-13-15-76-17-19-78-21-23-80-25-27-82-29-31-84-33-34-85-32-30-83-28-26-81-24-22-79-20-18-77-16-14-75-12-10-62-53(70)47-36-50(69)66(3)52(47)43-5-4-9-61-38-43/h4-5,9,35,38-39,42,46-48,52,64H,6-8,10-34,36-37,40-41H2,1-3H3,(H,62,70)(H,65,68)(H,72,73)/t46-,47+,48-,52-,56+/m1/s1. The summed E-state index contributed by atoms with van der Waals surface area (Å²) in [6.07, 6.45) is -0.572. The highest BCUT2D eigenvalue weighted by Gasteiger charge is 2.51. The Morgan fingerprint density at radius 1 is 0.706 bits per heavy atom. The minimum atomic E-state index is -4.66. The molecule has 1 saturated heterocycles. The lowest BCUT2D eigenvalue weighted by atomic mass is 9.73. The number of halogens is 3. The Balaban J connectivity index is 0.727. The average Bonchev–Trinajstić information content (AvgIpc) is 2.64. The molecule has 0 bridgehead atoms. The summed E-state index contributed by atoms with van der Waals surface area (Å²) in [4.78, 5) is 75.0. The highest BCUT2D eigenvalue weighted by Crippen LogP contribution is 2.47. The molecule has 85 heavy (non-hydrogen) atoms. The molecule has 25 nitrogen and oxygen atoms in total. The Bertz CT molecular complexity index is 2260. The van der Waals surface area contributed by atoms with E-state index in [1.54, 1.807) is 30.4 Å². The van der Waals surface area contributed by atoms with Gasteiger partial charge in [0.25, 0.3) is 0 Å². The third-order valence-electron chi connectivity index (χ3n) is 14.5. The summed E-state index contributed by atoms with van der Waals surface area (Å²) in [5, 5.41) is 17.4. The molecule has 0 spiro atoms. The molecule has 2 aromatic heterocycles. The first-order valence-electron chi connectivity index (χ1n) is 29.1. The Labute approximate surface area is 495 Å². The van der Waals surface area contributed by atoms with Gasteiger partial charge < -0.3 is 87.7 Å². The predicted octanol–water partition coefficient (Wildman–Crippen LogP) is 3.38. The third-order valence-corrected chi connectivity index (χ3v) is 14.5. The van der Waals surface area contributed by atoms with E-state index in [2.05, 4.69) is 25.9 Å². The zero-order valence-corrected chi connectivity index (χ0v) is 49.3. The van der Waals surface area contributed by atoms with Crippen LogP contribution in [-0.4, -0.2) is 239 Å². The van der Waals surface area contributed by atoms with E-state index < -0.39 is 47.2 Å². The number of aromatic nitrogens is 2. The van der Waals surface area contributed by atoms with Gasteiger partial charge in [0, 0.05) is 64.2 Å². The Morgan fingerprint density at radius 2 is 1.19 bits per heavy atom. The normalized spacial score (nSPS) is 19.6. The number of carbonyl (C=O) groups excluding carboxylic acids is 4. The molecule has 2 aromatic rings. The number of alkyl halides is 3. The lowest BCUT2D eigenvalue weighted by Gasteiger charge is -2.41. The highest BCUT2D eigenvalue weighted by atomic mass is 19.4. The molecule has 4 heterocycles. The van der Waals surface area contributed by atoms with Crippen molar-refractivity contribution in [2.75, 3.05) is 179 Å². The van der Waals surface area contributed by atoms with Crippen molar-refractivity contribution in [2.24, 2.45) is 17.3 Å². The van der Waals surface area contributed by atoms with Gasteiger partial charge in [-0.1, -0.05) is 19.9 Å². The molecule has 4 N–H and O–H groups in total. The van der Waals surface area contributed by atoms with E-state index in [9.17, 15) is 42.3 Å². The van der Waals surface area contributed by atoms with E-state index in [4.69, 9.17) is 56.8 Å². The van der Waals surface area contributed by atoms with Crippen molar-refractivity contribution in [3.8, 4) is 0 Å². The number of nitrogens with one attached hydrogen (secondary N) is 3. The van der Waals surface area contributed by atoms with Gasteiger partial charge in [-0.05, 0) is 48.4 Å². The molecule has 2 fully saturated rings. The molecule has 5 amide bonds. The molecule has 5 rings (SSSR count). The summed E-state index contributed by atoms with van der Waals surface area (Å²) in [6, 6.07) is 2.98. The maximum atomic E-state index is 14.2. The molecule has 1 aliphatic carbocycles. The van der Waals surface area contributed by atoms with Gasteiger partial charge in [0.1, 0.15) is 0 Å². The molecule has 0 aromatic carbocycles. The number of ether oxygens (including phenoxy) is 12. The van der Waals surface area contributed by atoms with Gasteiger partial charge in [-0.2, -0.15) is 13.2 Å². The van der Waals surface area contributed by atoms with E-state index in [0.29, 0.717) is 158 Å². The molecule has 0 unspecified atom stereocenters. The summed E-state index contributed by atoms with van der Waals surface area (Å²) in [5.41, 5.74) is -0.639. The first-order chi connectivity index (χ1) is 41.1. The number of nitrogens with zero attached hydrogens (tertiary/aromatic N) is 4. The van der Waals surface area contributed by atoms with Gasteiger partial charge in [0.2, 0.25) is 23.6 Å². The van der Waals surface area contributed by atoms with E-state index in [1.807, 2.05) is 19.9 Å². The summed E-state index contributed by atoms with van der Waals surface area (Å²) in [7, 11) is 1.71. The maximum absolute atomic E-state index is 14.2. The van der Waals surface area contributed by atoms with E-state index in [0.717, 1.165) is 17.8 Å². The van der Waals surface area contributed by atoms with Crippen LogP contribution in [0.1, 0.15) is 80.4 Å². The second-order valence-electron chi connectivity index (χ2n) is 20.7. The SMILES string of the molecule is CC(C)[C@]1(C(=O)N2Cc3cc(C(F)(F)F)cnc3[C@H](NC(=O)CCOCCOCCOCCOCCOCCOCCOCCOCCOCCOCCOCCOCCNC(=O)[C@H]3CC(=O)N(C)[C@@H]3c3cccnc3)C2)CC[C@@H](NC(=O)O)C1. The van der Waals surface area contributed by atoms with E-state index in [1.165, 1.54) is 4.90 Å². The zero-order chi connectivity index (χ0) is 61.1. The van der Waals surface area contributed by atoms with Crippen LogP contribution >= 0.6 is 0 Å². The first kappa shape index (κ1) is 70.5. The fraction of sp³-hybridized carbons (Fsp3) is 0.737. The Kier molecular flexibility index (Phi) is 32.8. The minimum absolute atomic E-state index is 0.0114. The molecule has 480 valence electrons. The van der Waals surface area contributed by atoms with Gasteiger partial charge >= 0.3 is 12.3 Å². The maximum Gasteiger partial charge on any atom is 0.417 e. The number of rotatable bonds is 45. The number of likely N-dealkylation sites (tertiary alicyclic amines) is 1. The number of carboxylic acid groups (broad SMARTS) is 1. The van der Waals surface area contributed by atoms with Gasteiger partial charge in [-0.25, -0.2) is 4.79 Å². The molecule has 28 heteroatoms. The van der Waals surface area contributed by atoms with Crippen LogP contribution in [0.3, 0.4) is 0 Å². The second-order valence-corrected chi connectivity index (χ2v) is 20.7. The quantitative estimate of drug-likeness (QED) is 0.0692. The topological polar surface area (TPSA) is 285 Å². The molecule has 1 saturated carbocycles. The van der Waals surface area contributed by atoms with Gasteiger partial charge in [0.05, 0.1) is 193 Å². The number of fused-ring (bicyclic) bond motifs is 1. The van der Waals surface area contributed by atoms with Crippen molar-refractivity contribution >= 4 is 29.7 Å².